The van der Waals surface area contributed by atoms with Gasteiger partial charge in [0.2, 0.25) is 0 Å². The Balaban J connectivity index is 1.42. The van der Waals surface area contributed by atoms with Crippen molar-refractivity contribution in [1.82, 2.24) is 10.2 Å². The van der Waals surface area contributed by atoms with Crippen molar-refractivity contribution in [1.29, 1.82) is 0 Å². The van der Waals surface area contributed by atoms with Crippen LogP contribution in [0.15, 0.2) is 72.8 Å². The zero-order valence-corrected chi connectivity index (χ0v) is 23.5. The number of piperidine rings is 1. The molecule has 0 aromatic heterocycles. The lowest BCUT2D eigenvalue weighted by Crippen LogP contribution is -2.35. The summed E-state index contributed by atoms with van der Waals surface area (Å²) in [7, 11) is 0. The fraction of sp³-hybridized carbons (Fsp3) is 0.375. The van der Waals surface area contributed by atoms with Gasteiger partial charge in [-0.1, -0.05) is 37.3 Å². The third-order valence-corrected chi connectivity index (χ3v) is 7.34. The number of para-hydroxylation sites is 2. The number of nitrogens with zero attached hydrogens (tertiary/aromatic N) is 1. The summed E-state index contributed by atoms with van der Waals surface area (Å²) in [6.07, 6.45) is 4.21. The fourth-order valence-electron chi connectivity index (χ4n) is 4.95. The molecule has 3 amide bonds. The van der Waals surface area contributed by atoms with E-state index in [-0.39, 0.29) is 18.0 Å². The molecule has 3 aromatic rings. The summed E-state index contributed by atoms with van der Waals surface area (Å²) in [4.78, 5) is 28.4. The van der Waals surface area contributed by atoms with Crippen molar-refractivity contribution in [3.63, 3.8) is 0 Å². The number of urea groups is 1. The van der Waals surface area contributed by atoms with Crippen molar-refractivity contribution in [2.75, 3.05) is 42.6 Å². The lowest BCUT2D eigenvalue weighted by Gasteiger charge is -2.30. The van der Waals surface area contributed by atoms with Crippen LogP contribution in [0.5, 0.6) is 5.75 Å². The molecule has 0 saturated carbocycles. The SMILES string of the molecule is CCOc1cccc(NC(=O)NC(CCCN2CCC(C)CC2)c2ccc(C(=O)Nc3ccccc3N)cc2)c1. The third kappa shape index (κ3) is 8.48. The first kappa shape index (κ1) is 29.0. The summed E-state index contributed by atoms with van der Waals surface area (Å²) in [5, 5.41) is 8.94. The minimum absolute atomic E-state index is 0.208. The maximum atomic E-state index is 13.0. The molecule has 0 radical (unpaired) electrons. The third-order valence-electron chi connectivity index (χ3n) is 7.34. The van der Waals surface area contributed by atoms with Gasteiger partial charge >= 0.3 is 6.03 Å². The Hall–Kier alpha value is -4.04. The maximum absolute atomic E-state index is 13.0. The summed E-state index contributed by atoms with van der Waals surface area (Å²) in [5.74, 6) is 1.27. The van der Waals surface area contributed by atoms with Gasteiger partial charge in [0.15, 0.2) is 0 Å². The summed E-state index contributed by atoms with van der Waals surface area (Å²) in [6, 6.07) is 21.4. The standard InChI is InChI=1S/C32H41N5O3/c1-3-40-27-9-6-8-26(22-27)34-32(39)36-29(12-7-19-37-20-17-23(2)18-21-37)24-13-15-25(16-14-24)31(38)35-30-11-5-4-10-28(30)33/h4-6,8-11,13-16,22-23,29H,3,7,12,17-21,33H2,1-2H3,(H,35,38)(H2,34,36,39). The molecule has 212 valence electrons. The van der Waals surface area contributed by atoms with Crippen LogP contribution < -0.4 is 26.4 Å². The van der Waals surface area contributed by atoms with Crippen LogP contribution in [0.25, 0.3) is 0 Å². The minimum Gasteiger partial charge on any atom is -0.494 e. The van der Waals surface area contributed by atoms with Gasteiger partial charge in [0.1, 0.15) is 5.75 Å². The molecule has 3 aromatic carbocycles. The van der Waals surface area contributed by atoms with Crippen molar-refractivity contribution in [3.8, 4) is 5.75 Å². The van der Waals surface area contributed by atoms with Crippen molar-refractivity contribution in [2.24, 2.45) is 5.92 Å². The van der Waals surface area contributed by atoms with Crippen molar-refractivity contribution >= 4 is 29.0 Å². The van der Waals surface area contributed by atoms with Crippen LogP contribution in [0.4, 0.5) is 21.9 Å². The van der Waals surface area contributed by atoms with E-state index in [0.717, 1.165) is 44.0 Å². The van der Waals surface area contributed by atoms with Crippen LogP contribution in [0.2, 0.25) is 0 Å². The first-order chi connectivity index (χ1) is 19.4. The normalized spacial score (nSPS) is 14.8. The van der Waals surface area contributed by atoms with E-state index < -0.39 is 0 Å². The van der Waals surface area contributed by atoms with Gasteiger partial charge in [0, 0.05) is 17.3 Å². The van der Waals surface area contributed by atoms with Gasteiger partial charge in [-0.3, -0.25) is 4.79 Å². The molecule has 1 heterocycles. The van der Waals surface area contributed by atoms with Crippen molar-refractivity contribution in [2.45, 2.75) is 45.6 Å². The van der Waals surface area contributed by atoms with E-state index in [9.17, 15) is 9.59 Å². The number of rotatable bonds is 11. The van der Waals surface area contributed by atoms with E-state index in [1.165, 1.54) is 12.8 Å². The molecular formula is C32H41N5O3. The van der Waals surface area contributed by atoms with Gasteiger partial charge < -0.3 is 31.3 Å². The van der Waals surface area contributed by atoms with Crippen LogP contribution >= 0.6 is 0 Å². The summed E-state index contributed by atoms with van der Waals surface area (Å²) >= 11 is 0. The number of nitrogens with one attached hydrogen (secondary N) is 3. The van der Waals surface area contributed by atoms with Gasteiger partial charge in [0.25, 0.3) is 5.91 Å². The Kier molecular flexibility index (Phi) is 10.4. The van der Waals surface area contributed by atoms with Gasteiger partial charge in [-0.05, 0) is 100 Å². The lowest BCUT2D eigenvalue weighted by atomic mass is 9.97. The molecular weight excluding hydrogens is 502 g/mol. The molecule has 40 heavy (non-hydrogen) atoms. The second-order valence-corrected chi connectivity index (χ2v) is 10.4. The predicted octanol–water partition coefficient (Wildman–Crippen LogP) is 6.29. The minimum atomic E-state index is -0.285. The monoisotopic (exact) mass is 543 g/mol. The maximum Gasteiger partial charge on any atom is 0.319 e. The highest BCUT2D eigenvalue weighted by Gasteiger charge is 2.19. The molecule has 8 nitrogen and oxygen atoms in total. The highest BCUT2D eigenvalue weighted by Crippen LogP contribution is 2.24. The Morgan fingerprint density at radius 1 is 1.00 bits per heavy atom. The number of anilines is 3. The molecule has 1 atom stereocenters. The number of benzene rings is 3. The number of hydrogen-bond acceptors (Lipinski definition) is 5. The van der Waals surface area contributed by atoms with Crippen LogP contribution in [-0.2, 0) is 0 Å². The Morgan fingerprint density at radius 2 is 1.75 bits per heavy atom. The van der Waals surface area contributed by atoms with E-state index in [0.29, 0.717) is 35.0 Å². The smallest absolute Gasteiger partial charge is 0.319 e. The topological polar surface area (TPSA) is 109 Å². The number of ether oxygens (including phenoxy) is 1. The van der Waals surface area contributed by atoms with Crippen LogP contribution in [0, 0.1) is 5.92 Å². The van der Waals surface area contributed by atoms with Crippen molar-refractivity contribution in [3.05, 3.63) is 83.9 Å². The van der Waals surface area contributed by atoms with Gasteiger partial charge in [0.05, 0.1) is 24.0 Å². The Morgan fingerprint density at radius 3 is 2.48 bits per heavy atom. The van der Waals surface area contributed by atoms with Gasteiger partial charge in [-0.15, -0.1) is 0 Å². The van der Waals surface area contributed by atoms with E-state index in [2.05, 4.69) is 27.8 Å². The summed E-state index contributed by atoms with van der Waals surface area (Å²) in [6.45, 7) is 8.06. The molecule has 1 aliphatic heterocycles. The number of nitrogens with two attached hydrogens (primary N) is 1. The van der Waals surface area contributed by atoms with Crippen molar-refractivity contribution < 1.29 is 14.3 Å². The molecule has 1 unspecified atom stereocenters. The number of hydrogen-bond donors (Lipinski definition) is 4. The van der Waals surface area contributed by atoms with E-state index in [1.807, 2.05) is 55.5 Å². The fourth-order valence-corrected chi connectivity index (χ4v) is 4.95. The zero-order valence-electron chi connectivity index (χ0n) is 23.5. The Bertz CT molecular complexity index is 1260. The second-order valence-electron chi connectivity index (χ2n) is 10.4. The highest BCUT2D eigenvalue weighted by atomic mass is 16.5. The molecule has 0 spiro atoms. The lowest BCUT2D eigenvalue weighted by molar-refractivity contribution is 0.102. The zero-order chi connectivity index (χ0) is 28.3. The largest absolute Gasteiger partial charge is 0.494 e. The first-order valence-corrected chi connectivity index (χ1v) is 14.2. The van der Waals surface area contributed by atoms with Crippen LogP contribution in [0.3, 0.4) is 0 Å². The van der Waals surface area contributed by atoms with Crippen LogP contribution in [-0.4, -0.2) is 43.1 Å². The van der Waals surface area contributed by atoms with Gasteiger partial charge in [-0.25, -0.2) is 4.79 Å². The molecule has 4 rings (SSSR count). The quantitative estimate of drug-likeness (QED) is 0.212. The first-order valence-electron chi connectivity index (χ1n) is 14.2. The number of carbonyl (C=O) groups is 2. The number of likely N-dealkylation sites (tertiary alicyclic amines) is 1. The molecule has 1 fully saturated rings. The predicted molar refractivity (Wildman–Crippen MR) is 162 cm³/mol. The summed E-state index contributed by atoms with van der Waals surface area (Å²) < 4.78 is 5.55. The number of nitrogen functional groups attached to an aromatic ring is 1. The van der Waals surface area contributed by atoms with E-state index in [4.69, 9.17) is 10.5 Å². The average Bonchev–Trinajstić information content (AvgIpc) is 2.95. The molecule has 0 aliphatic carbocycles. The van der Waals surface area contributed by atoms with Crippen LogP contribution in [0.1, 0.15) is 61.5 Å². The van der Waals surface area contributed by atoms with E-state index >= 15 is 0 Å². The highest BCUT2D eigenvalue weighted by molar-refractivity contribution is 6.05. The number of amides is 3. The average molecular weight is 544 g/mol. The number of carbonyl (C=O) groups excluding carboxylic acids is 2. The van der Waals surface area contributed by atoms with Gasteiger partial charge in [-0.2, -0.15) is 0 Å². The molecule has 1 saturated heterocycles. The molecule has 5 N–H and O–H groups in total. The second kappa shape index (κ2) is 14.4. The molecule has 0 bridgehead atoms. The van der Waals surface area contributed by atoms with E-state index in [1.54, 1.807) is 24.3 Å². The molecule has 8 heteroatoms. The summed E-state index contributed by atoms with van der Waals surface area (Å²) in [5.41, 5.74) is 9.19. The Labute approximate surface area is 237 Å². The molecule has 1 aliphatic rings.